The Bertz CT molecular complexity index is 2660. The molecule has 0 N–H and O–H groups in total. The molecule has 9 aromatic rings. The predicted octanol–water partition coefficient (Wildman–Crippen LogP) is 11.4. The maximum atomic E-state index is 9.70. The van der Waals surface area contributed by atoms with Crippen molar-refractivity contribution in [1.29, 1.82) is 5.26 Å². The van der Waals surface area contributed by atoms with E-state index in [2.05, 4.69) is 126 Å². The molecule has 6 aromatic carbocycles. The Hall–Kier alpha value is -6.02. The first-order valence-corrected chi connectivity index (χ1v) is 16.1. The second-order valence-electron chi connectivity index (χ2n) is 11.5. The van der Waals surface area contributed by atoms with Gasteiger partial charge in [-0.3, -0.25) is 0 Å². The SMILES string of the molecule is N#Cc1cccc(-c2cc(-c3cccc(-c4ccccc4)n3)cc(-n3c4ccccc4c4c5sc6ccccc6c5ccc43)c2)c1. The molecule has 0 radical (unpaired) electrons. The molecule has 0 aliphatic carbocycles. The Kier molecular flexibility index (Phi) is 6.06. The first-order valence-electron chi connectivity index (χ1n) is 15.3. The average Bonchev–Trinajstić information content (AvgIpc) is 3.68. The highest BCUT2D eigenvalue weighted by atomic mass is 32.1. The lowest BCUT2D eigenvalue weighted by atomic mass is 9.98. The number of nitriles is 1. The molecule has 0 unspecified atom stereocenters. The number of aromatic nitrogens is 2. The van der Waals surface area contributed by atoms with E-state index in [-0.39, 0.29) is 0 Å². The lowest BCUT2D eigenvalue weighted by Crippen LogP contribution is -1.97. The zero-order valence-electron chi connectivity index (χ0n) is 24.7. The van der Waals surface area contributed by atoms with E-state index in [9.17, 15) is 5.26 Å². The summed E-state index contributed by atoms with van der Waals surface area (Å²) in [7, 11) is 0. The number of para-hydroxylation sites is 1. The van der Waals surface area contributed by atoms with Crippen LogP contribution in [0, 0.1) is 11.3 Å². The summed E-state index contributed by atoms with van der Waals surface area (Å²) in [6.45, 7) is 0. The van der Waals surface area contributed by atoms with Crippen molar-refractivity contribution in [2.24, 2.45) is 0 Å². The number of hydrogen-bond acceptors (Lipinski definition) is 3. The largest absolute Gasteiger partial charge is 0.309 e. The minimum atomic E-state index is 0.637. The fourth-order valence-electron chi connectivity index (χ4n) is 6.70. The Labute approximate surface area is 269 Å². The van der Waals surface area contributed by atoms with Crippen LogP contribution in [0.5, 0.6) is 0 Å². The molecule has 0 bridgehead atoms. The first-order chi connectivity index (χ1) is 22.7. The van der Waals surface area contributed by atoms with Gasteiger partial charge in [0.25, 0.3) is 0 Å². The van der Waals surface area contributed by atoms with Crippen molar-refractivity contribution in [1.82, 2.24) is 9.55 Å². The molecule has 9 rings (SSSR count). The smallest absolute Gasteiger partial charge is 0.0991 e. The average molecular weight is 604 g/mol. The summed E-state index contributed by atoms with van der Waals surface area (Å²) in [5, 5.41) is 14.8. The Morgan fingerprint density at radius 1 is 0.522 bits per heavy atom. The van der Waals surface area contributed by atoms with Crippen LogP contribution < -0.4 is 0 Å². The summed E-state index contributed by atoms with van der Waals surface area (Å²) in [5.41, 5.74) is 9.96. The quantitative estimate of drug-likeness (QED) is 0.201. The number of pyridine rings is 1. The van der Waals surface area contributed by atoms with E-state index < -0.39 is 0 Å². The van der Waals surface area contributed by atoms with Crippen molar-refractivity contribution < 1.29 is 0 Å². The van der Waals surface area contributed by atoms with Crippen molar-refractivity contribution in [2.75, 3.05) is 0 Å². The molecule has 46 heavy (non-hydrogen) atoms. The third-order valence-corrected chi connectivity index (χ3v) is 10.00. The van der Waals surface area contributed by atoms with Crippen LogP contribution in [0.15, 0.2) is 152 Å². The summed E-state index contributed by atoms with van der Waals surface area (Å²) in [5.74, 6) is 0. The number of thiophene rings is 1. The van der Waals surface area contributed by atoms with E-state index in [1.807, 2.05) is 47.7 Å². The van der Waals surface area contributed by atoms with E-state index in [1.54, 1.807) is 0 Å². The van der Waals surface area contributed by atoms with Crippen LogP contribution in [0.25, 0.3) is 81.3 Å². The van der Waals surface area contributed by atoms with Gasteiger partial charge in [-0.2, -0.15) is 5.26 Å². The standard InChI is InChI=1S/C42H25N3S/c43-26-27-10-8-13-29(22-27)30-23-31(37-17-9-16-36(44-37)28-11-2-1-3-12-28)25-32(24-30)45-38-18-6-4-15-35(38)41-39(45)21-20-34-33-14-5-7-19-40(33)46-42(34)41/h1-25H. The molecule has 3 heterocycles. The van der Waals surface area contributed by atoms with Gasteiger partial charge in [-0.25, -0.2) is 4.98 Å². The highest BCUT2D eigenvalue weighted by molar-refractivity contribution is 7.26. The Balaban J connectivity index is 1.34. The van der Waals surface area contributed by atoms with Gasteiger partial charge in [-0.1, -0.05) is 91.0 Å². The summed E-state index contributed by atoms with van der Waals surface area (Å²) in [4.78, 5) is 5.13. The van der Waals surface area contributed by atoms with Crippen LogP contribution in [0.3, 0.4) is 0 Å². The number of fused-ring (bicyclic) bond motifs is 7. The van der Waals surface area contributed by atoms with Crippen molar-refractivity contribution in [3.63, 3.8) is 0 Å². The maximum absolute atomic E-state index is 9.70. The van der Waals surface area contributed by atoms with Crippen LogP contribution >= 0.6 is 11.3 Å². The van der Waals surface area contributed by atoms with Gasteiger partial charge in [0, 0.05) is 47.8 Å². The van der Waals surface area contributed by atoms with Gasteiger partial charge in [0.15, 0.2) is 0 Å². The lowest BCUT2D eigenvalue weighted by molar-refractivity contribution is 1.18. The topological polar surface area (TPSA) is 41.6 Å². The molecule has 0 amide bonds. The van der Waals surface area contributed by atoms with Gasteiger partial charge in [-0.15, -0.1) is 11.3 Å². The lowest BCUT2D eigenvalue weighted by Gasteiger charge is -2.14. The van der Waals surface area contributed by atoms with Crippen molar-refractivity contribution in [2.45, 2.75) is 0 Å². The number of nitrogens with zero attached hydrogens (tertiary/aromatic N) is 3. The molecular weight excluding hydrogens is 579 g/mol. The molecule has 0 spiro atoms. The minimum Gasteiger partial charge on any atom is -0.309 e. The van der Waals surface area contributed by atoms with E-state index in [0.29, 0.717) is 5.56 Å². The summed E-state index contributed by atoms with van der Waals surface area (Å²) in [6, 6.07) is 55.3. The molecule has 214 valence electrons. The second-order valence-corrected chi connectivity index (χ2v) is 12.6. The van der Waals surface area contributed by atoms with Gasteiger partial charge in [-0.05, 0) is 71.8 Å². The fraction of sp³-hybridized carbons (Fsp3) is 0. The molecule has 0 atom stereocenters. The van der Waals surface area contributed by atoms with E-state index >= 15 is 0 Å². The van der Waals surface area contributed by atoms with Crippen molar-refractivity contribution in [3.05, 3.63) is 157 Å². The third kappa shape index (κ3) is 4.22. The first kappa shape index (κ1) is 26.4. The summed E-state index contributed by atoms with van der Waals surface area (Å²) in [6.07, 6.45) is 0. The summed E-state index contributed by atoms with van der Waals surface area (Å²) >= 11 is 1.86. The van der Waals surface area contributed by atoms with Gasteiger partial charge >= 0.3 is 0 Å². The molecule has 4 heteroatoms. The number of rotatable bonds is 4. The van der Waals surface area contributed by atoms with Gasteiger partial charge < -0.3 is 4.57 Å². The van der Waals surface area contributed by atoms with Gasteiger partial charge in [0.1, 0.15) is 0 Å². The van der Waals surface area contributed by atoms with Crippen LogP contribution in [0.4, 0.5) is 0 Å². The number of hydrogen-bond donors (Lipinski definition) is 0. The van der Waals surface area contributed by atoms with Crippen LogP contribution in [-0.4, -0.2) is 9.55 Å². The highest BCUT2D eigenvalue weighted by Crippen LogP contribution is 2.44. The van der Waals surface area contributed by atoms with Gasteiger partial charge in [0.2, 0.25) is 0 Å². The van der Waals surface area contributed by atoms with Crippen LogP contribution in [-0.2, 0) is 0 Å². The molecule has 3 nitrogen and oxygen atoms in total. The number of benzene rings is 6. The predicted molar refractivity (Wildman–Crippen MR) is 192 cm³/mol. The zero-order chi connectivity index (χ0) is 30.6. The Morgan fingerprint density at radius 2 is 1.24 bits per heavy atom. The van der Waals surface area contributed by atoms with E-state index in [1.165, 1.54) is 36.5 Å². The van der Waals surface area contributed by atoms with Crippen LogP contribution in [0.2, 0.25) is 0 Å². The zero-order valence-corrected chi connectivity index (χ0v) is 25.5. The highest BCUT2D eigenvalue weighted by Gasteiger charge is 2.19. The fourth-order valence-corrected chi connectivity index (χ4v) is 7.96. The molecule has 0 aliphatic heterocycles. The van der Waals surface area contributed by atoms with Crippen molar-refractivity contribution in [3.8, 4) is 45.4 Å². The summed E-state index contributed by atoms with van der Waals surface area (Å²) < 4.78 is 4.99. The van der Waals surface area contributed by atoms with Gasteiger partial charge in [0.05, 0.1) is 34.1 Å². The second kappa shape index (κ2) is 10.6. The molecule has 0 saturated heterocycles. The minimum absolute atomic E-state index is 0.637. The Morgan fingerprint density at radius 3 is 2.11 bits per heavy atom. The molecular formula is C42H25N3S. The van der Waals surface area contributed by atoms with E-state index in [4.69, 9.17) is 4.98 Å². The molecule has 0 aliphatic rings. The normalized spacial score (nSPS) is 11.5. The third-order valence-electron chi connectivity index (χ3n) is 8.80. The van der Waals surface area contributed by atoms with Crippen LogP contribution in [0.1, 0.15) is 5.56 Å². The van der Waals surface area contributed by atoms with E-state index in [0.717, 1.165) is 44.8 Å². The molecule has 3 aromatic heterocycles. The molecule has 0 fully saturated rings. The molecule has 0 saturated carbocycles. The monoisotopic (exact) mass is 603 g/mol. The maximum Gasteiger partial charge on any atom is 0.0991 e. The van der Waals surface area contributed by atoms with Crippen molar-refractivity contribution >= 4 is 53.3 Å².